The molecule has 5 nitrogen and oxygen atoms in total. The van der Waals surface area contributed by atoms with E-state index in [9.17, 15) is 4.79 Å². The maximum Gasteiger partial charge on any atom is 0.247 e. The Kier molecular flexibility index (Phi) is 3.09. The second-order valence-electron chi connectivity index (χ2n) is 4.35. The molecule has 0 fully saturated rings. The summed E-state index contributed by atoms with van der Waals surface area (Å²) in [6, 6.07) is 13.2. The van der Waals surface area contributed by atoms with Gasteiger partial charge in [0, 0.05) is 30.6 Å². The molecular weight excluding hydrogens is 252 g/mol. The van der Waals surface area contributed by atoms with Crippen LogP contribution in [0.25, 0.3) is 17.1 Å². The smallest absolute Gasteiger partial charge is 0.247 e. The van der Waals surface area contributed by atoms with Crippen LogP contribution in [-0.2, 0) is 0 Å². The van der Waals surface area contributed by atoms with Gasteiger partial charge in [-0.2, -0.15) is 0 Å². The minimum absolute atomic E-state index is 0.125. The molecule has 0 atom stereocenters. The van der Waals surface area contributed by atoms with E-state index in [-0.39, 0.29) is 5.56 Å². The predicted octanol–water partition coefficient (Wildman–Crippen LogP) is 2.27. The monoisotopic (exact) mass is 266 g/mol. The average Bonchev–Trinajstić information content (AvgIpc) is 2.93. The van der Waals surface area contributed by atoms with E-state index in [1.807, 2.05) is 48.1 Å². The molecule has 2 heterocycles. The Morgan fingerprint density at radius 1 is 1.15 bits per heavy atom. The molecule has 2 aromatic heterocycles. The number of nitrogens with one attached hydrogen (secondary N) is 2. The molecule has 5 heteroatoms. The van der Waals surface area contributed by atoms with Crippen molar-refractivity contribution in [1.82, 2.24) is 14.5 Å². The number of aromatic nitrogens is 3. The minimum atomic E-state index is -0.125. The highest BCUT2D eigenvalue weighted by atomic mass is 16.1. The van der Waals surface area contributed by atoms with Gasteiger partial charge in [0.2, 0.25) is 5.56 Å². The van der Waals surface area contributed by atoms with E-state index in [0.29, 0.717) is 0 Å². The van der Waals surface area contributed by atoms with Crippen molar-refractivity contribution in [3.05, 3.63) is 65.2 Å². The fourth-order valence-corrected chi connectivity index (χ4v) is 2.04. The molecule has 3 aromatic rings. The van der Waals surface area contributed by atoms with Crippen molar-refractivity contribution in [2.75, 3.05) is 12.4 Å². The van der Waals surface area contributed by atoms with Crippen LogP contribution in [0.1, 0.15) is 0 Å². The Balaban J connectivity index is 2.17. The maximum atomic E-state index is 11.2. The van der Waals surface area contributed by atoms with Gasteiger partial charge in [0.05, 0.1) is 6.20 Å². The van der Waals surface area contributed by atoms with Crippen molar-refractivity contribution >= 4 is 5.82 Å². The van der Waals surface area contributed by atoms with Crippen LogP contribution in [0.4, 0.5) is 5.82 Å². The molecule has 3 rings (SSSR count). The lowest BCUT2D eigenvalue weighted by molar-refractivity contribution is 1.06. The number of anilines is 1. The highest BCUT2D eigenvalue weighted by Crippen LogP contribution is 2.23. The molecule has 0 saturated heterocycles. The van der Waals surface area contributed by atoms with E-state index in [0.717, 1.165) is 22.9 Å². The lowest BCUT2D eigenvalue weighted by atomic mass is 10.2. The van der Waals surface area contributed by atoms with Crippen LogP contribution in [0.15, 0.2) is 59.7 Å². The quantitative estimate of drug-likeness (QED) is 0.764. The first-order valence-electron chi connectivity index (χ1n) is 6.29. The Morgan fingerprint density at radius 2 is 1.95 bits per heavy atom. The van der Waals surface area contributed by atoms with Crippen molar-refractivity contribution in [2.45, 2.75) is 0 Å². The second kappa shape index (κ2) is 5.05. The topological polar surface area (TPSA) is 62.7 Å². The van der Waals surface area contributed by atoms with Gasteiger partial charge in [-0.05, 0) is 18.2 Å². The molecule has 0 unspecified atom stereocenters. The van der Waals surface area contributed by atoms with Gasteiger partial charge in [-0.3, -0.25) is 9.36 Å². The predicted molar refractivity (Wildman–Crippen MR) is 79.2 cm³/mol. The van der Waals surface area contributed by atoms with E-state index >= 15 is 0 Å². The van der Waals surface area contributed by atoms with E-state index in [2.05, 4.69) is 15.3 Å². The van der Waals surface area contributed by atoms with Crippen LogP contribution < -0.4 is 10.9 Å². The highest BCUT2D eigenvalue weighted by molar-refractivity contribution is 5.61. The SMILES string of the molecule is CNc1cn(-c2ccccc2)c(-c2ccc(=O)[nH]c2)n1. The lowest BCUT2D eigenvalue weighted by Crippen LogP contribution is -2.03. The van der Waals surface area contributed by atoms with Crippen LogP contribution in [-0.4, -0.2) is 21.6 Å². The van der Waals surface area contributed by atoms with Crippen molar-refractivity contribution in [2.24, 2.45) is 0 Å². The summed E-state index contributed by atoms with van der Waals surface area (Å²) in [7, 11) is 1.83. The molecule has 0 radical (unpaired) electrons. The second-order valence-corrected chi connectivity index (χ2v) is 4.35. The zero-order valence-electron chi connectivity index (χ0n) is 11.0. The molecule has 2 N–H and O–H groups in total. The molecule has 0 bridgehead atoms. The van der Waals surface area contributed by atoms with Crippen molar-refractivity contribution in [1.29, 1.82) is 0 Å². The van der Waals surface area contributed by atoms with Gasteiger partial charge in [-0.1, -0.05) is 18.2 Å². The van der Waals surface area contributed by atoms with E-state index < -0.39 is 0 Å². The Hall–Kier alpha value is -2.82. The minimum Gasteiger partial charge on any atom is -0.372 e. The van der Waals surface area contributed by atoms with Crippen LogP contribution in [0, 0.1) is 0 Å². The summed E-state index contributed by atoms with van der Waals surface area (Å²) < 4.78 is 1.99. The van der Waals surface area contributed by atoms with E-state index in [1.54, 1.807) is 12.3 Å². The largest absolute Gasteiger partial charge is 0.372 e. The summed E-state index contributed by atoms with van der Waals surface area (Å²) in [5, 5.41) is 3.03. The van der Waals surface area contributed by atoms with E-state index in [1.165, 1.54) is 6.07 Å². The summed E-state index contributed by atoms with van der Waals surface area (Å²) >= 11 is 0. The molecule has 0 aliphatic heterocycles. The van der Waals surface area contributed by atoms with E-state index in [4.69, 9.17) is 0 Å². The zero-order valence-corrected chi connectivity index (χ0v) is 11.0. The average molecular weight is 266 g/mol. The molecule has 1 aromatic carbocycles. The molecule has 0 aliphatic rings. The standard InChI is InChI=1S/C15H14N4O/c1-16-13-10-19(12-5-3-2-4-6-12)15(18-13)11-7-8-14(20)17-9-11/h2-10,16H,1H3,(H,17,20). The number of aromatic amines is 1. The lowest BCUT2D eigenvalue weighted by Gasteiger charge is -2.06. The molecular formula is C15H14N4O. The summed E-state index contributed by atoms with van der Waals surface area (Å²) in [6.07, 6.45) is 3.60. The molecule has 0 spiro atoms. The van der Waals surface area contributed by atoms with Crippen LogP contribution >= 0.6 is 0 Å². The van der Waals surface area contributed by atoms with Crippen molar-refractivity contribution < 1.29 is 0 Å². The van der Waals surface area contributed by atoms with Crippen molar-refractivity contribution in [3.8, 4) is 17.1 Å². The normalized spacial score (nSPS) is 10.4. The fraction of sp³-hybridized carbons (Fsp3) is 0.0667. The third-order valence-electron chi connectivity index (χ3n) is 3.04. The summed E-state index contributed by atoms with van der Waals surface area (Å²) in [5.74, 6) is 1.55. The third kappa shape index (κ3) is 2.21. The Bertz CT molecular complexity index is 754. The fourth-order valence-electron chi connectivity index (χ4n) is 2.04. The number of imidazole rings is 1. The third-order valence-corrected chi connectivity index (χ3v) is 3.04. The molecule has 0 amide bonds. The van der Waals surface area contributed by atoms with Gasteiger partial charge in [-0.15, -0.1) is 0 Å². The highest BCUT2D eigenvalue weighted by Gasteiger charge is 2.11. The summed E-state index contributed by atoms with van der Waals surface area (Å²) in [4.78, 5) is 18.4. The van der Waals surface area contributed by atoms with Gasteiger partial charge in [0.1, 0.15) is 11.6 Å². The number of nitrogens with zero attached hydrogens (tertiary/aromatic N) is 2. The van der Waals surface area contributed by atoms with Crippen LogP contribution in [0.3, 0.4) is 0 Å². The van der Waals surface area contributed by atoms with Crippen LogP contribution in [0.2, 0.25) is 0 Å². The number of rotatable bonds is 3. The first-order chi connectivity index (χ1) is 9.78. The van der Waals surface area contributed by atoms with Gasteiger partial charge < -0.3 is 10.3 Å². The van der Waals surface area contributed by atoms with Gasteiger partial charge >= 0.3 is 0 Å². The molecule has 20 heavy (non-hydrogen) atoms. The number of para-hydroxylation sites is 1. The molecule has 100 valence electrons. The van der Waals surface area contributed by atoms with Crippen molar-refractivity contribution in [3.63, 3.8) is 0 Å². The molecule has 0 aliphatic carbocycles. The number of benzene rings is 1. The number of hydrogen-bond donors (Lipinski definition) is 2. The van der Waals surface area contributed by atoms with Gasteiger partial charge in [0.15, 0.2) is 0 Å². The summed E-state index contributed by atoms with van der Waals surface area (Å²) in [6.45, 7) is 0. The van der Waals surface area contributed by atoms with Gasteiger partial charge in [0.25, 0.3) is 0 Å². The first-order valence-corrected chi connectivity index (χ1v) is 6.29. The first kappa shape index (κ1) is 12.2. The summed E-state index contributed by atoms with van der Waals surface area (Å²) in [5.41, 5.74) is 1.75. The Morgan fingerprint density at radius 3 is 2.60 bits per heavy atom. The zero-order chi connectivity index (χ0) is 13.9. The number of hydrogen-bond acceptors (Lipinski definition) is 3. The van der Waals surface area contributed by atoms with Crippen LogP contribution in [0.5, 0.6) is 0 Å². The van der Waals surface area contributed by atoms with Gasteiger partial charge in [-0.25, -0.2) is 4.98 Å². The Labute approximate surface area is 115 Å². The number of pyridine rings is 1. The molecule has 0 saturated carbocycles. The number of H-pyrrole nitrogens is 1. The maximum absolute atomic E-state index is 11.2.